The molecule has 0 bridgehead atoms. The summed E-state index contributed by atoms with van der Waals surface area (Å²) in [5, 5.41) is 6.52. The van der Waals surface area contributed by atoms with Gasteiger partial charge < -0.3 is 10.6 Å². The Labute approximate surface area is 85.6 Å². The first-order valence-electron chi connectivity index (χ1n) is 5.84. The molecular weight excluding hydrogens is 179 g/mol. The first-order valence-corrected chi connectivity index (χ1v) is 5.84. The van der Waals surface area contributed by atoms with Gasteiger partial charge in [-0.15, -0.1) is 0 Å². The lowest BCUT2D eigenvalue weighted by molar-refractivity contribution is 0.0511. The van der Waals surface area contributed by atoms with E-state index in [1.807, 2.05) is 0 Å². The zero-order valence-electron chi connectivity index (χ0n) is 8.98. The van der Waals surface area contributed by atoms with Crippen LogP contribution in [0.5, 0.6) is 0 Å². The zero-order valence-corrected chi connectivity index (χ0v) is 8.98. The Kier molecular flexibility index (Phi) is 3.07. The van der Waals surface area contributed by atoms with Crippen molar-refractivity contribution in [3.8, 4) is 0 Å². The highest BCUT2D eigenvalue weighted by Gasteiger charge is 2.41. The van der Waals surface area contributed by atoms with Gasteiger partial charge in [0.2, 0.25) is 0 Å². The molecule has 3 atom stereocenters. The Morgan fingerprint density at radius 2 is 2.21 bits per heavy atom. The van der Waals surface area contributed by atoms with Crippen LogP contribution in [0.1, 0.15) is 32.6 Å². The maximum Gasteiger partial charge on any atom is 0.138 e. The van der Waals surface area contributed by atoms with Crippen molar-refractivity contribution in [3.63, 3.8) is 0 Å². The summed E-state index contributed by atoms with van der Waals surface area (Å²) < 4.78 is 14.5. The molecule has 0 aromatic carbocycles. The second kappa shape index (κ2) is 4.15. The van der Waals surface area contributed by atoms with Crippen molar-refractivity contribution in [1.29, 1.82) is 0 Å². The number of hydrogen-bond donors (Lipinski definition) is 2. The summed E-state index contributed by atoms with van der Waals surface area (Å²) in [6.07, 6.45) is 3.89. The first-order chi connectivity index (χ1) is 6.71. The minimum Gasteiger partial charge on any atom is -0.313 e. The van der Waals surface area contributed by atoms with Crippen LogP contribution >= 0.6 is 0 Å². The Bertz CT molecular complexity index is 190. The zero-order chi connectivity index (χ0) is 10.0. The van der Waals surface area contributed by atoms with Crippen LogP contribution in [-0.4, -0.2) is 31.3 Å². The molecule has 14 heavy (non-hydrogen) atoms. The molecule has 0 amide bonds. The van der Waals surface area contributed by atoms with E-state index in [4.69, 9.17) is 0 Å². The van der Waals surface area contributed by atoms with Gasteiger partial charge >= 0.3 is 0 Å². The summed E-state index contributed by atoms with van der Waals surface area (Å²) in [4.78, 5) is 0. The van der Waals surface area contributed by atoms with Gasteiger partial charge in [-0.2, -0.15) is 0 Å². The van der Waals surface area contributed by atoms with Crippen molar-refractivity contribution in [2.45, 2.75) is 44.3 Å². The number of piperidine rings is 2. The van der Waals surface area contributed by atoms with Gasteiger partial charge in [0.05, 0.1) is 0 Å². The number of alkyl halides is 1. The van der Waals surface area contributed by atoms with Gasteiger partial charge in [-0.05, 0) is 44.7 Å². The molecule has 82 valence electrons. The molecule has 0 aliphatic carbocycles. The second-order valence-corrected chi connectivity index (χ2v) is 4.95. The Morgan fingerprint density at radius 1 is 1.36 bits per heavy atom. The molecule has 0 aromatic heterocycles. The van der Waals surface area contributed by atoms with E-state index in [2.05, 4.69) is 17.6 Å². The lowest BCUT2D eigenvalue weighted by Crippen LogP contribution is -2.58. The van der Waals surface area contributed by atoms with E-state index in [-0.39, 0.29) is 6.04 Å². The number of rotatable bonds is 1. The largest absolute Gasteiger partial charge is 0.313 e. The molecule has 2 aliphatic rings. The predicted octanol–water partition coefficient (Wildman–Crippen LogP) is 1.47. The minimum absolute atomic E-state index is 0.0825. The van der Waals surface area contributed by atoms with Crippen molar-refractivity contribution in [2.75, 3.05) is 19.6 Å². The summed E-state index contributed by atoms with van der Waals surface area (Å²) in [5.41, 5.74) is -0.993. The van der Waals surface area contributed by atoms with Gasteiger partial charge in [-0.25, -0.2) is 4.39 Å². The van der Waals surface area contributed by atoms with Crippen LogP contribution in [0.15, 0.2) is 0 Å². The van der Waals surface area contributed by atoms with Gasteiger partial charge in [0.1, 0.15) is 5.67 Å². The van der Waals surface area contributed by atoms with E-state index < -0.39 is 5.67 Å². The van der Waals surface area contributed by atoms with E-state index in [0.29, 0.717) is 12.5 Å². The Hall–Kier alpha value is -0.150. The molecule has 3 unspecified atom stereocenters. The van der Waals surface area contributed by atoms with Crippen LogP contribution in [0, 0.1) is 5.92 Å². The third-order valence-corrected chi connectivity index (χ3v) is 3.66. The van der Waals surface area contributed by atoms with Crippen LogP contribution in [0.4, 0.5) is 4.39 Å². The van der Waals surface area contributed by atoms with E-state index in [9.17, 15) is 4.39 Å². The fourth-order valence-electron chi connectivity index (χ4n) is 2.69. The van der Waals surface area contributed by atoms with Gasteiger partial charge in [0.15, 0.2) is 0 Å². The second-order valence-electron chi connectivity index (χ2n) is 4.95. The van der Waals surface area contributed by atoms with Gasteiger partial charge in [-0.3, -0.25) is 0 Å². The average molecular weight is 200 g/mol. The number of nitrogens with one attached hydrogen (secondary N) is 2. The highest BCUT2D eigenvalue weighted by atomic mass is 19.1. The lowest BCUT2D eigenvalue weighted by atomic mass is 9.81. The van der Waals surface area contributed by atoms with Crippen LogP contribution in [0.3, 0.4) is 0 Å². The molecule has 0 saturated carbocycles. The molecule has 2 aliphatic heterocycles. The van der Waals surface area contributed by atoms with Crippen molar-refractivity contribution < 1.29 is 4.39 Å². The normalized spacial score (nSPS) is 45.0. The Morgan fingerprint density at radius 3 is 2.86 bits per heavy atom. The summed E-state index contributed by atoms with van der Waals surface area (Å²) >= 11 is 0. The standard InChI is InChI=1S/C11H21FN2/c1-9-3-6-14-10(7-9)11(12)4-2-5-13-8-11/h9-10,13-14H,2-8H2,1H3. The summed E-state index contributed by atoms with van der Waals surface area (Å²) in [7, 11) is 0. The predicted molar refractivity (Wildman–Crippen MR) is 56.1 cm³/mol. The van der Waals surface area contributed by atoms with Gasteiger partial charge in [0, 0.05) is 12.6 Å². The van der Waals surface area contributed by atoms with Crippen molar-refractivity contribution in [2.24, 2.45) is 5.92 Å². The molecule has 0 aromatic rings. The highest BCUT2D eigenvalue weighted by Crippen LogP contribution is 2.31. The molecule has 2 N–H and O–H groups in total. The quantitative estimate of drug-likeness (QED) is 0.669. The van der Waals surface area contributed by atoms with Crippen LogP contribution in [0.25, 0.3) is 0 Å². The fraction of sp³-hybridized carbons (Fsp3) is 1.00. The molecule has 0 radical (unpaired) electrons. The molecule has 2 fully saturated rings. The molecular formula is C11H21FN2. The van der Waals surface area contributed by atoms with Gasteiger partial charge in [-0.1, -0.05) is 6.92 Å². The Balaban J connectivity index is 1.97. The van der Waals surface area contributed by atoms with Crippen LogP contribution in [-0.2, 0) is 0 Å². The highest BCUT2D eigenvalue weighted by molar-refractivity contribution is 4.98. The lowest BCUT2D eigenvalue weighted by Gasteiger charge is -2.41. The topological polar surface area (TPSA) is 24.1 Å². The molecule has 2 rings (SSSR count). The van der Waals surface area contributed by atoms with E-state index in [1.165, 1.54) is 6.42 Å². The van der Waals surface area contributed by atoms with Crippen LogP contribution in [0.2, 0.25) is 0 Å². The number of halogens is 1. The summed E-state index contributed by atoms with van der Waals surface area (Å²) in [5.74, 6) is 0.677. The minimum atomic E-state index is -0.993. The SMILES string of the molecule is CC1CCNC(C2(F)CCCNC2)C1. The van der Waals surface area contributed by atoms with Crippen molar-refractivity contribution >= 4 is 0 Å². The molecule has 3 heteroatoms. The van der Waals surface area contributed by atoms with E-state index >= 15 is 0 Å². The molecule has 2 nitrogen and oxygen atoms in total. The fourth-order valence-corrected chi connectivity index (χ4v) is 2.69. The molecule has 0 spiro atoms. The monoisotopic (exact) mass is 200 g/mol. The summed E-state index contributed by atoms with van der Waals surface area (Å²) in [6, 6.07) is 0.0825. The third-order valence-electron chi connectivity index (χ3n) is 3.66. The average Bonchev–Trinajstić information content (AvgIpc) is 2.19. The van der Waals surface area contributed by atoms with Crippen molar-refractivity contribution in [3.05, 3.63) is 0 Å². The maximum atomic E-state index is 14.5. The van der Waals surface area contributed by atoms with Crippen molar-refractivity contribution in [1.82, 2.24) is 10.6 Å². The van der Waals surface area contributed by atoms with Crippen LogP contribution < -0.4 is 10.6 Å². The smallest absolute Gasteiger partial charge is 0.138 e. The molecule has 2 saturated heterocycles. The number of hydrogen-bond acceptors (Lipinski definition) is 2. The first kappa shape index (κ1) is 10.4. The van der Waals surface area contributed by atoms with E-state index in [0.717, 1.165) is 32.4 Å². The summed E-state index contributed by atoms with van der Waals surface area (Å²) in [6.45, 7) is 4.73. The van der Waals surface area contributed by atoms with E-state index in [1.54, 1.807) is 0 Å². The third kappa shape index (κ3) is 2.09. The molecule has 2 heterocycles. The maximum absolute atomic E-state index is 14.5. The van der Waals surface area contributed by atoms with Gasteiger partial charge in [0.25, 0.3) is 0 Å².